The van der Waals surface area contributed by atoms with E-state index >= 15 is 0 Å². The summed E-state index contributed by atoms with van der Waals surface area (Å²) >= 11 is 0. The molecule has 5 heteroatoms. The summed E-state index contributed by atoms with van der Waals surface area (Å²) < 4.78 is 0.986. The molecular formula is C11H13N4O+. The lowest BCUT2D eigenvalue weighted by Crippen LogP contribution is -2.36. The van der Waals surface area contributed by atoms with Crippen molar-refractivity contribution in [2.45, 2.75) is 13.3 Å². The summed E-state index contributed by atoms with van der Waals surface area (Å²) in [5, 5.41) is 3.06. The highest BCUT2D eigenvalue weighted by Gasteiger charge is 2.36. The Balaban J connectivity index is 2.08. The van der Waals surface area contributed by atoms with E-state index in [1.807, 2.05) is 18.5 Å². The minimum atomic E-state index is 0.423. The lowest BCUT2D eigenvalue weighted by molar-refractivity contribution is -0.496. The third kappa shape index (κ3) is 1.14. The van der Waals surface area contributed by atoms with Crippen LogP contribution in [0, 0.1) is 4.91 Å². The van der Waals surface area contributed by atoms with Gasteiger partial charge in [-0.1, -0.05) is 11.8 Å². The molecule has 82 valence electrons. The second-order valence-corrected chi connectivity index (χ2v) is 3.94. The first kappa shape index (κ1) is 9.33. The normalized spacial score (nSPS) is 22.6. The molecule has 0 atom stereocenters. The Morgan fingerprint density at radius 1 is 1.62 bits per heavy atom. The van der Waals surface area contributed by atoms with Crippen LogP contribution in [0.3, 0.4) is 0 Å². The molecule has 0 radical (unpaired) electrons. The van der Waals surface area contributed by atoms with Crippen LogP contribution in [0.15, 0.2) is 40.1 Å². The van der Waals surface area contributed by atoms with Gasteiger partial charge in [0.1, 0.15) is 24.3 Å². The maximum Gasteiger partial charge on any atom is 0.342 e. The van der Waals surface area contributed by atoms with Crippen LogP contribution in [0.4, 0.5) is 0 Å². The summed E-state index contributed by atoms with van der Waals surface area (Å²) in [7, 11) is 0. The Morgan fingerprint density at radius 2 is 2.50 bits per heavy atom. The Hall–Kier alpha value is -1.91. The van der Waals surface area contributed by atoms with Gasteiger partial charge in [0.25, 0.3) is 0 Å². The van der Waals surface area contributed by atoms with Gasteiger partial charge < -0.3 is 4.90 Å². The summed E-state index contributed by atoms with van der Waals surface area (Å²) in [6, 6.07) is 0. The van der Waals surface area contributed by atoms with Gasteiger partial charge in [-0.3, -0.25) is 4.99 Å². The van der Waals surface area contributed by atoms with E-state index < -0.39 is 0 Å². The molecule has 0 amide bonds. The second-order valence-electron chi connectivity index (χ2n) is 3.94. The van der Waals surface area contributed by atoms with Crippen molar-refractivity contribution < 1.29 is 4.76 Å². The molecule has 0 saturated heterocycles. The molecule has 5 nitrogen and oxygen atoms in total. The Kier molecular flexibility index (Phi) is 1.92. The molecule has 0 aliphatic carbocycles. The summed E-state index contributed by atoms with van der Waals surface area (Å²) in [4.78, 5) is 18.0. The highest BCUT2D eigenvalue weighted by Crippen LogP contribution is 2.31. The van der Waals surface area contributed by atoms with Gasteiger partial charge in [-0.2, -0.15) is 0 Å². The maximum absolute atomic E-state index is 11.7. The third-order valence-electron chi connectivity index (χ3n) is 3.05. The van der Waals surface area contributed by atoms with Gasteiger partial charge in [-0.05, 0) is 22.8 Å². The van der Waals surface area contributed by atoms with E-state index in [9.17, 15) is 4.91 Å². The van der Waals surface area contributed by atoms with Gasteiger partial charge in [-0.25, -0.2) is 5.32 Å². The SMILES string of the molecule is CCC1=CC[N+](=O)C2=C1N1CN=CC1=CN2. The van der Waals surface area contributed by atoms with E-state index in [2.05, 4.69) is 22.1 Å². The molecule has 0 spiro atoms. The monoisotopic (exact) mass is 217 g/mol. The molecule has 1 N–H and O–H groups in total. The smallest absolute Gasteiger partial charge is 0.310 e. The number of allylic oxidation sites excluding steroid dienone is 2. The molecule has 0 aromatic carbocycles. The van der Waals surface area contributed by atoms with Gasteiger partial charge in [0.05, 0.1) is 6.21 Å². The second kappa shape index (κ2) is 3.30. The van der Waals surface area contributed by atoms with Crippen molar-refractivity contribution in [1.82, 2.24) is 10.2 Å². The number of aliphatic imine (C=N–C) groups is 1. The number of hydrogen-bond donors (Lipinski definition) is 1. The third-order valence-corrected chi connectivity index (χ3v) is 3.05. The van der Waals surface area contributed by atoms with Gasteiger partial charge in [0.15, 0.2) is 6.54 Å². The molecular weight excluding hydrogens is 204 g/mol. The zero-order valence-corrected chi connectivity index (χ0v) is 9.10. The van der Waals surface area contributed by atoms with Crippen LogP contribution in [0.5, 0.6) is 0 Å². The number of nitroso groups, excluding NO2 is 1. The first-order chi connectivity index (χ1) is 7.81. The van der Waals surface area contributed by atoms with Gasteiger partial charge in [0.2, 0.25) is 0 Å². The zero-order valence-electron chi connectivity index (χ0n) is 9.10. The van der Waals surface area contributed by atoms with Crippen LogP contribution in [0.2, 0.25) is 0 Å². The van der Waals surface area contributed by atoms with Gasteiger partial charge >= 0.3 is 5.82 Å². The van der Waals surface area contributed by atoms with Crippen molar-refractivity contribution in [3.05, 3.63) is 40.0 Å². The minimum absolute atomic E-state index is 0.423. The minimum Gasteiger partial charge on any atom is -0.310 e. The van der Waals surface area contributed by atoms with Crippen LogP contribution < -0.4 is 5.32 Å². The van der Waals surface area contributed by atoms with Crippen molar-refractivity contribution in [2.75, 3.05) is 13.2 Å². The first-order valence-corrected chi connectivity index (χ1v) is 5.43. The van der Waals surface area contributed by atoms with Crippen molar-refractivity contribution in [3.8, 4) is 0 Å². The number of hydrogen-bond acceptors (Lipinski definition) is 4. The number of nitrogens with one attached hydrogen (secondary N) is 1. The summed E-state index contributed by atoms with van der Waals surface area (Å²) in [6.07, 6.45) is 6.58. The molecule has 0 aromatic rings. The van der Waals surface area contributed by atoms with E-state index in [1.54, 1.807) is 0 Å². The molecule has 3 aliphatic heterocycles. The highest BCUT2D eigenvalue weighted by molar-refractivity contribution is 5.81. The van der Waals surface area contributed by atoms with Crippen LogP contribution in [-0.4, -0.2) is 29.1 Å². The number of fused-ring (bicyclic) bond motifs is 2. The fourth-order valence-corrected chi connectivity index (χ4v) is 2.23. The predicted octanol–water partition coefficient (Wildman–Crippen LogP) is 1.07. The molecule has 3 rings (SSSR count). The largest absolute Gasteiger partial charge is 0.342 e. The van der Waals surface area contributed by atoms with Crippen molar-refractivity contribution in [3.63, 3.8) is 0 Å². The fourth-order valence-electron chi connectivity index (χ4n) is 2.23. The Bertz CT molecular complexity index is 484. The average Bonchev–Trinajstić information content (AvgIpc) is 2.77. The van der Waals surface area contributed by atoms with E-state index in [-0.39, 0.29) is 0 Å². The van der Waals surface area contributed by atoms with E-state index in [4.69, 9.17) is 0 Å². The molecule has 0 fully saturated rings. The van der Waals surface area contributed by atoms with Crippen molar-refractivity contribution in [1.29, 1.82) is 0 Å². The van der Waals surface area contributed by atoms with Crippen LogP contribution >= 0.6 is 0 Å². The fraction of sp³-hybridized carbons (Fsp3) is 0.364. The van der Waals surface area contributed by atoms with Gasteiger partial charge in [0, 0.05) is 0 Å². The van der Waals surface area contributed by atoms with E-state index in [1.165, 1.54) is 5.57 Å². The van der Waals surface area contributed by atoms with Crippen LogP contribution in [0.1, 0.15) is 13.3 Å². The number of rotatable bonds is 1. The summed E-state index contributed by atoms with van der Waals surface area (Å²) in [5.74, 6) is 0.647. The Labute approximate surface area is 93.4 Å². The Morgan fingerprint density at radius 3 is 3.31 bits per heavy atom. The molecule has 0 bridgehead atoms. The zero-order chi connectivity index (χ0) is 11.1. The predicted molar refractivity (Wildman–Crippen MR) is 60.3 cm³/mol. The molecule has 0 saturated carbocycles. The standard InChI is InChI=1S/C11H13N4O/c1-2-8-3-4-15(16)11-10(8)14-7-12-5-9(14)6-13-11/h3,5-6,13H,2,4,7H2,1H3/q+1. The van der Waals surface area contributed by atoms with Crippen LogP contribution in [0.25, 0.3) is 0 Å². The molecule has 0 aromatic heterocycles. The molecule has 3 aliphatic rings. The van der Waals surface area contributed by atoms with E-state index in [0.717, 1.165) is 22.6 Å². The lowest BCUT2D eigenvalue weighted by Gasteiger charge is -2.27. The van der Waals surface area contributed by atoms with Gasteiger partial charge in [-0.15, -0.1) is 0 Å². The summed E-state index contributed by atoms with van der Waals surface area (Å²) in [6.45, 7) is 3.14. The van der Waals surface area contributed by atoms with Crippen molar-refractivity contribution in [2.24, 2.45) is 4.99 Å². The highest BCUT2D eigenvalue weighted by atomic mass is 16.3. The first-order valence-electron chi connectivity index (χ1n) is 5.43. The topological polar surface area (TPSA) is 47.7 Å². The quantitative estimate of drug-likeness (QED) is 0.668. The molecule has 0 unspecified atom stereocenters. The number of nitrogens with zero attached hydrogens (tertiary/aromatic N) is 3. The summed E-state index contributed by atoms with van der Waals surface area (Å²) in [5.41, 5.74) is 3.22. The van der Waals surface area contributed by atoms with Crippen LogP contribution in [-0.2, 0) is 0 Å². The lowest BCUT2D eigenvalue weighted by atomic mass is 10.0. The molecule has 16 heavy (non-hydrogen) atoms. The maximum atomic E-state index is 11.7. The van der Waals surface area contributed by atoms with E-state index in [0.29, 0.717) is 19.0 Å². The van der Waals surface area contributed by atoms with Crippen molar-refractivity contribution >= 4 is 6.21 Å². The average molecular weight is 217 g/mol. The molecule has 3 heterocycles.